The minimum absolute atomic E-state index is 0.177. The summed E-state index contributed by atoms with van der Waals surface area (Å²) in [7, 11) is 1.67. The van der Waals surface area contributed by atoms with Crippen LogP contribution in [0.1, 0.15) is 49.8 Å². The maximum absolute atomic E-state index is 12.1. The lowest BCUT2D eigenvalue weighted by Crippen LogP contribution is -2.40. The summed E-state index contributed by atoms with van der Waals surface area (Å²) in [6.45, 7) is 7.57. The zero-order valence-corrected chi connectivity index (χ0v) is 16.9. The first-order valence-corrected chi connectivity index (χ1v) is 8.97. The van der Waals surface area contributed by atoms with E-state index in [1.807, 2.05) is 27.7 Å². The van der Waals surface area contributed by atoms with Crippen molar-refractivity contribution < 1.29 is 18.8 Å². The van der Waals surface area contributed by atoms with Crippen LogP contribution >= 0.6 is 0 Å². The van der Waals surface area contributed by atoms with E-state index in [9.17, 15) is 9.59 Å². The van der Waals surface area contributed by atoms with E-state index in [4.69, 9.17) is 15.0 Å². The molecule has 9 heteroatoms. The van der Waals surface area contributed by atoms with Gasteiger partial charge in [-0.2, -0.15) is 4.98 Å². The molecule has 0 spiro atoms. The number of likely N-dealkylation sites (N-methyl/N-ethyl adjacent to an activating group) is 1. The van der Waals surface area contributed by atoms with Gasteiger partial charge >= 0.3 is 6.09 Å². The van der Waals surface area contributed by atoms with Gasteiger partial charge in [-0.1, -0.05) is 17.3 Å². The number of para-hydroxylation sites is 1. The molecule has 1 heterocycles. The lowest BCUT2D eigenvalue weighted by atomic mass is 10.1. The number of benzene rings is 1. The van der Waals surface area contributed by atoms with Crippen molar-refractivity contribution in [3.05, 3.63) is 41.5 Å². The highest BCUT2D eigenvalue weighted by Crippen LogP contribution is 2.16. The quantitative estimate of drug-likeness (QED) is 0.746. The second-order valence-corrected chi connectivity index (χ2v) is 7.51. The summed E-state index contributed by atoms with van der Waals surface area (Å²) in [5.41, 5.74) is 5.78. The third kappa shape index (κ3) is 5.97. The molecule has 0 saturated carbocycles. The molecule has 3 N–H and O–H groups in total. The van der Waals surface area contributed by atoms with Gasteiger partial charge < -0.3 is 25.2 Å². The van der Waals surface area contributed by atoms with Crippen LogP contribution in [0.5, 0.6) is 0 Å². The van der Waals surface area contributed by atoms with Gasteiger partial charge in [0, 0.05) is 25.2 Å². The van der Waals surface area contributed by atoms with Gasteiger partial charge in [0.25, 0.3) is 5.91 Å². The Morgan fingerprint density at radius 2 is 2.00 bits per heavy atom. The molecular formula is C19H27N5O4. The van der Waals surface area contributed by atoms with Crippen molar-refractivity contribution >= 4 is 17.7 Å². The molecule has 0 aliphatic heterocycles. The van der Waals surface area contributed by atoms with Crippen LogP contribution in [0.3, 0.4) is 0 Å². The Morgan fingerprint density at radius 3 is 2.64 bits per heavy atom. The molecule has 2 amide bonds. The lowest BCUT2D eigenvalue weighted by Gasteiger charge is -2.28. The summed E-state index contributed by atoms with van der Waals surface area (Å²) in [5.74, 6) is 0.317. The standard InChI is InChI=1S/C19H27N5O4/c1-12(24(5)18(26)27-19(2,3)4)10-15-22-16(28-23-15)11-21-14-9-7-6-8-13(14)17(20)25/h6-9,12,21H,10-11H2,1-5H3,(H2,20,25). The number of nitrogens with one attached hydrogen (secondary N) is 1. The average molecular weight is 389 g/mol. The number of aromatic nitrogens is 2. The number of carbonyl (C=O) groups excluding carboxylic acids is 2. The van der Waals surface area contributed by atoms with Crippen molar-refractivity contribution in [2.75, 3.05) is 12.4 Å². The first-order chi connectivity index (χ1) is 13.1. The Balaban J connectivity index is 1.93. The number of amides is 2. The molecular weight excluding hydrogens is 362 g/mol. The Hall–Kier alpha value is -3.10. The topological polar surface area (TPSA) is 124 Å². The predicted octanol–water partition coefficient (Wildman–Crippen LogP) is 2.58. The minimum Gasteiger partial charge on any atom is -0.444 e. The molecule has 152 valence electrons. The summed E-state index contributed by atoms with van der Waals surface area (Å²) < 4.78 is 10.6. The normalized spacial score (nSPS) is 12.3. The van der Waals surface area contributed by atoms with Gasteiger partial charge in [0.1, 0.15) is 5.60 Å². The van der Waals surface area contributed by atoms with E-state index in [-0.39, 0.29) is 12.6 Å². The molecule has 1 aromatic heterocycles. The lowest BCUT2D eigenvalue weighted by molar-refractivity contribution is 0.0234. The molecule has 1 unspecified atom stereocenters. The van der Waals surface area contributed by atoms with Crippen LogP contribution in [-0.2, 0) is 17.7 Å². The fraction of sp³-hybridized carbons (Fsp3) is 0.474. The number of nitrogens with two attached hydrogens (primary N) is 1. The van der Waals surface area contributed by atoms with Crippen LogP contribution in [0, 0.1) is 0 Å². The monoisotopic (exact) mass is 389 g/mol. The Bertz CT molecular complexity index is 828. The molecule has 2 rings (SSSR count). The summed E-state index contributed by atoms with van der Waals surface area (Å²) in [5, 5.41) is 7.01. The van der Waals surface area contributed by atoms with E-state index in [0.29, 0.717) is 29.4 Å². The Morgan fingerprint density at radius 1 is 1.32 bits per heavy atom. The summed E-state index contributed by atoms with van der Waals surface area (Å²) >= 11 is 0. The minimum atomic E-state index is -0.558. The van der Waals surface area contributed by atoms with Crippen molar-refractivity contribution in [1.29, 1.82) is 0 Å². The van der Waals surface area contributed by atoms with Crippen LogP contribution < -0.4 is 11.1 Å². The smallest absolute Gasteiger partial charge is 0.410 e. The highest BCUT2D eigenvalue weighted by Gasteiger charge is 2.24. The molecule has 2 aromatic rings. The van der Waals surface area contributed by atoms with E-state index in [1.54, 1.807) is 31.3 Å². The van der Waals surface area contributed by atoms with Crippen molar-refractivity contribution in [2.45, 2.75) is 52.3 Å². The van der Waals surface area contributed by atoms with Crippen molar-refractivity contribution in [1.82, 2.24) is 15.0 Å². The fourth-order valence-electron chi connectivity index (χ4n) is 2.38. The highest BCUT2D eigenvalue weighted by molar-refractivity contribution is 5.98. The molecule has 0 fully saturated rings. The predicted molar refractivity (Wildman–Crippen MR) is 104 cm³/mol. The van der Waals surface area contributed by atoms with E-state index < -0.39 is 17.6 Å². The van der Waals surface area contributed by atoms with Crippen LogP contribution in [0.4, 0.5) is 10.5 Å². The Labute approximate surface area is 164 Å². The number of hydrogen-bond donors (Lipinski definition) is 2. The third-order valence-electron chi connectivity index (χ3n) is 3.95. The van der Waals surface area contributed by atoms with E-state index >= 15 is 0 Å². The van der Waals surface area contributed by atoms with Crippen LogP contribution in [0.15, 0.2) is 28.8 Å². The van der Waals surface area contributed by atoms with Gasteiger partial charge in [0.15, 0.2) is 5.82 Å². The van der Waals surface area contributed by atoms with Gasteiger partial charge in [-0.15, -0.1) is 0 Å². The van der Waals surface area contributed by atoms with Gasteiger partial charge in [0.05, 0.1) is 12.1 Å². The molecule has 0 aliphatic carbocycles. The van der Waals surface area contributed by atoms with Crippen LogP contribution in [0.25, 0.3) is 0 Å². The van der Waals surface area contributed by atoms with E-state index in [2.05, 4.69) is 15.5 Å². The number of anilines is 1. The van der Waals surface area contributed by atoms with Crippen molar-refractivity contribution in [2.24, 2.45) is 5.73 Å². The van der Waals surface area contributed by atoms with Crippen LogP contribution in [0.2, 0.25) is 0 Å². The van der Waals surface area contributed by atoms with Gasteiger partial charge in [-0.3, -0.25) is 4.79 Å². The molecule has 0 bridgehead atoms. The van der Waals surface area contributed by atoms with Gasteiger partial charge in [-0.05, 0) is 39.8 Å². The molecule has 1 atom stereocenters. The molecule has 0 radical (unpaired) electrons. The zero-order valence-electron chi connectivity index (χ0n) is 16.9. The van der Waals surface area contributed by atoms with Crippen molar-refractivity contribution in [3.63, 3.8) is 0 Å². The number of primary amides is 1. The van der Waals surface area contributed by atoms with E-state index in [1.165, 1.54) is 4.90 Å². The molecule has 0 saturated heterocycles. The number of hydrogen-bond acceptors (Lipinski definition) is 7. The molecule has 0 aliphatic rings. The average Bonchev–Trinajstić information content (AvgIpc) is 3.05. The Kier molecular flexibility index (Phi) is 6.61. The fourth-order valence-corrected chi connectivity index (χ4v) is 2.38. The maximum Gasteiger partial charge on any atom is 0.410 e. The zero-order chi connectivity index (χ0) is 20.9. The first kappa shape index (κ1) is 21.2. The van der Waals surface area contributed by atoms with E-state index in [0.717, 1.165) is 0 Å². The number of ether oxygens (including phenoxy) is 1. The first-order valence-electron chi connectivity index (χ1n) is 8.97. The molecule has 1 aromatic carbocycles. The number of carbonyl (C=O) groups is 2. The number of rotatable bonds is 7. The molecule has 9 nitrogen and oxygen atoms in total. The number of nitrogens with zero attached hydrogens (tertiary/aromatic N) is 3. The van der Waals surface area contributed by atoms with Crippen LogP contribution in [-0.4, -0.2) is 45.7 Å². The SMILES string of the molecule is CC(Cc1noc(CNc2ccccc2C(N)=O)n1)N(C)C(=O)OC(C)(C)C. The second-order valence-electron chi connectivity index (χ2n) is 7.51. The van der Waals surface area contributed by atoms with Crippen molar-refractivity contribution in [3.8, 4) is 0 Å². The highest BCUT2D eigenvalue weighted by atomic mass is 16.6. The maximum atomic E-state index is 12.1. The summed E-state index contributed by atoms with van der Waals surface area (Å²) in [6.07, 6.45) is 0.00496. The van der Waals surface area contributed by atoms with Gasteiger partial charge in [0.2, 0.25) is 5.89 Å². The third-order valence-corrected chi connectivity index (χ3v) is 3.95. The summed E-state index contributed by atoms with van der Waals surface area (Å²) in [4.78, 5) is 29.4. The largest absolute Gasteiger partial charge is 0.444 e. The molecule has 28 heavy (non-hydrogen) atoms. The summed E-state index contributed by atoms with van der Waals surface area (Å²) in [6, 6.07) is 6.73. The van der Waals surface area contributed by atoms with Gasteiger partial charge in [-0.25, -0.2) is 4.79 Å². The second kappa shape index (κ2) is 8.73.